The second-order valence-electron chi connectivity index (χ2n) is 3.68. The Labute approximate surface area is 69.4 Å². The molecule has 0 aliphatic rings. The van der Waals surface area contributed by atoms with Gasteiger partial charge < -0.3 is 4.48 Å². The molecule has 0 atom stereocenters. The highest BCUT2D eigenvalue weighted by Crippen LogP contribution is 2.08. The number of quaternary nitrogens is 1. The fourth-order valence-corrected chi connectivity index (χ4v) is 1.75. The lowest BCUT2D eigenvalue weighted by atomic mass is 10.4. The fraction of sp³-hybridized carbons (Fsp3) is 1.00. The molecule has 0 aliphatic heterocycles. The number of thioether (sulfide) groups is 1. The monoisotopic (exact) mass is 162 g/mol. The van der Waals surface area contributed by atoms with E-state index in [1.54, 1.807) is 0 Å². The van der Waals surface area contributed by atoms with Crippen LogP contribution in [-0.4, -0.2) is 37.3 Å². The normalized spacial score (nSPS) is 12.0. The smallest absolute Gasteiger partial charge is 0.125 e. The van der Waals surface area contributed by atoms with Gasteiger partial charge in [-0.1, -0.05) is 13.3 Å². The number of hydrogen-bond acceptors (Lipinski definition) is 1. The summed E-state index contributed by atoms with van der Waals surface area (Å²) in [5.74, 6) is 2.56. The maximum Gasteiger partial charge on any atom is 0.125 e. The molecule has 0 aromatic rings. The first-order chi connectivity index (χ1) is 4.56. The molecule has 0 N–H and O–H groups in total. The molecule has 0 aromatic heterocycles. The van der Waals surface area contributed by atoms with Gasteiger partial charge in [-0.3, -0.25) is 0 Å². The van der Waals surface area contributed by atoms with Gasteiger partial charge in [0.15, 0.2) is 0 Å². The van der Waals surface area contributed by atoms with E-state index in [-0.39, 0.29) is 0 Å². The summed E-state index contributed by atoms with van der Waals surface area (Å²) < 4.78 is 1.08. The average Bonchev–Trinajstić information content (AvgIpc) is 1.78. The fourth-order valence-electron chi connectivity index (χ4n) is 0.585. The van der Waals surface area contributed by atoms with Crippen LogP contribution in [0.5, 0.6) is 0 Å². The van der Waals surface area contributed by atoms with Crippen molar-refractivity contribution in [2.24, 2.45) is 0 Å². The van der Waals surface area contributed by atoms with E-state index in [4.69, 9.17) is 0 Å². The van der Waals surface area contributed by atoms with Gasteiger partial charge >= 0.3 is 0 Å². The number of unbranched alkanes of at least 4 members (excludes halogenated alkanes) is 1. The third kappa shape index (κ3) is 8.31. The molecule has 1 nitrogen and oxygen atoms in total. The van der Waals surface area contributed by atoms with Gasteiger partial charge in [-0.05, 0) is 12.2 Å². The summed E-state index contributed by atoms with van der Waals surface area (Å²) in [6, 6.07) is 0. The Morgan fingerprint density at radius 1 is 1.20 bits per heavy atom. The summed E-state index contributed by atoms with van der Waals surface area (Å²) in [6.07, 6.45) is 2.69. The summed E-state index contributed by atoms with van der Waals surface area (Å²) in [4.78, 5) is 0. The van der Waals surface area contributed by atoms with Crippen molar-refractivity contribution >= 4 is 11.8 Å². The second-order valence-corrected chi connectivity index (χ2v) is 4.76. The Hall–Kier alpha value is 0.310. The van der Waals surface area contributed by atoms with Crippen molar-refractivity contribution in [2.45, 2.75) is 19.8 Å². The lowest BCUT2D eigenvalue weighted by molar-refractivity contribution is -0.857. The van der Waals surface area contributed by atoms with Crippen LogP contribution in [0.2, 0.25) is 0 Å². The van der Waals surface area contributed by atoms with Gasteiger partial charge in [-0.25, -0.2) is 0 Å². The minimum Gasteiger partial charge on any atom is -0.322 e. The summed E-state index contributed by atoms with van der Waals surface area (Å²) >= 11 is 2.06. The molecule has 10 heavy (non-hydrogen) atoms. The highest BCUT2D eigenvalue weighted by molar-refractivity contribution is 7.99. The molecule has 0 unspecified atom stereocenters. The van der Waals surface area contributed by atoms with Crippen LogP contribution in [0, 0.1) is 0 Å². The SMILES string of the molecule is CCCCSC[N+](C)(C)C. The van der Waals surface area contributed by atoms with Crippen LogP contribution in [0.4, 0.5) is 0 Å². The van der Waals surface area contributed by atoms with Crippen LogP contribution >= 0.6 is 11.8 Å². The average molecular weight is 162 g/mol. The van der Waals surface area contributed by atoms with E-state index in [1.165, 1.54) is 24.5 Å². The van der Waals surface area contributed by atoms with E-state index in [0.717, 1.165) is 4.48 Å². The van der Waals surface area contributed by atoms with Crippen molar-refractivity contribution in [2.75, 3.05) is 32.8 Å². The quantitative estimate of drug-likeness (QED) is 0.339. The van der Waals surface area contributed by atoms with Gasteiger partial charge in [0.1, 0.15) is 5.88 Å². The van der Waals surface area contributed by atoms with Crippen LogP contribution in [0.3, 0.4) is 0 Å². The van der Waals surface area contributed by atoms with Gasteiger partial charge in [-0.2, -0.15) is 0 Å². The summed E-state index contributed by atoms with van der Waals surface area (Å²) in [6.45, 7) is 2.24. The topological polar surface area (TPSA) is 0 Å². The lowest BCUT2D eigenvalue weighted by Gasteiger charge is -2.22. The van der Waals surface area contributed by atoms with Crippen molar-refractivity contribution in [3.8, 4) is 0 Å². The molecule has 0 saturated carbocycles. The van der Waals surface area contributed by atoms with E-state index >= 15 is 0 Å². The first kappa shape index (κ1) is 10.3. The Morgan fingerprint density at radius 2 is 1.80 bits per heavy atom. The van der Waals surface area contributed by atoms with Crippen LogP contribution in [0.1, 0.15) is 19.8 Å². The van der Waals surface area contributed by atoms with Crippen molar-refractivity contribution < 1.29 is 4.48 Å². The number of hydrogen-bond donors (Lipinski definition) is 0. The molecule has 0 bridgehead atoms. The molecule has 0 rings (SSSR count). The third-order valence-electron chi connectivity index (χ3n) is 1.12. The highest BCUT2D eigenvalue weighted by Gasteiger charge is 2.04. The second kappa shape index (κ2) is 5.03. The maximum atomic E-state index is 2.24. The number of rotatable bonds is 5. The highest BCUT2D eigenvalue weighted by atomic mass is 32.2. The van der Waals surface area contributed by atoms with Gasteiger partial charge in [0.2, 0.25) is 0 Å². The molecular weight excluding hydrogens is 142 g/mol. The predicted octanol–water partition coefficient (Wildman–Crippen LogP) is 2.18. The molecule has 0 aliphatic carbocycles. The zero-order valence-electron chi connectivity index (χ0n) is 7.68. The molecule has 0 saturated heterocycles. The van der Waals surface area contributed by atoms with Crippen molar-refractivity contribution in [1.82, 2.24) is 0 Å². The Kier molecular flexibility index (Phi) is 5.18. The molecule has 0 heterocycles. The largest absolute Gasteiger partial charge is 0.322 e. The Morgan fingerprint density at radius 3 is 2.20 bits per heavy atom. The van der Waals surface area contributed by atoms with Crippen LogP contribution in [-0.2, 0) is 0 Å². The van der Waals surface area contributed by atoms with E-state index in [1.807, 2.05) is 0 Å². The van der Waals surface area contributed by atoms with Crippen LogP contribution in [0.15, 0.2) is 0 Å². The van der Waals surface area contributed by atoms with Crippen molar-refractivity contribution in [3.63, 3.8) is 0 Å². The summed E-state index contributed by atoms with van der Waals surface area (Å²) in [7, 11) is 6.71. The number of nitrogens with zero attached hydrogens (tertiary/aromatic N) is 1. The summed E-state index contributed by atoms with van der Waals surface area (Å²) in [5, 5.41) is 0. The van der Waals surface area contributed by atoms with Gasteiger partial charge in [0.05, 0.1) is 21.1 Å². The molecule has 0 amide bonds. The minimum atomic E-state index is 1.08. The molecule has 0 radical (unpaired) electrons. The molecule has 0 spiro atoms. The predicted molar refractivity (Wildman–Crippen MR) is 50.3 cm³/mol. The molecule has 62 valence electrons. The lowest BCUT2D eigenvalue weighted by Crippen LogP contribution is -2.33. The third-order valence-corrected chi connectivity index (χ3v) is 2.66. The Bertz CT molecular complexity index is 75.8. The standard InChI is InChI=1S/C8H20NS/c1-5-6-7-10-8-9(2,3)4/h5-8H2,1-4H3/q+1. The van der Waals surface area contributed by atoms with Crippen LogP contribution < -0.4 is 0 Å². The zero-order valence-corrected chi connectivity index (χ0v) is 8.50. The maximum absolute atomic E-state index is 2.24. The first-order valence-corrected chi connectivity index (χ1v) is 5.10. The first-order valence-electron chi connectivity index (χ1n) is 3.94. The van der Waals surface area contributed by atoms with E-state index in [2.05, 4.69) is 39.8 Å². The van der Waals surface area contributed by atoms with Gasteiger partial charge in [-0.15, -0.1) is 11.8 Å². The minimum absolute atomic E-state index is 1.08. The van der Waals surface area contributed by atoms with Crippen molar-refractivity contribution in [1.29, 1.82) is 0 Å². The zero-order chi connectivity index (χ0) is 8.04. The molecule has 2 heteroatoms. The molecule has 0 aromatic carbocycles. The molecular formula is C8H20NS+. The van der Waals surface area contributed by atoms with E-state index < -0.39 is 0 Å². The summed E-state index contributed by atoms with van der Waals surface area (Å²) in [5.41, 5.74) is 0. The van der Waals surface area contributed by atoms with E-state index in [9.17, 15) is 0 Å². The van der Waals surface area contributed by atoms with Gasteiger partial charge in [0.25, 0.3) is 0 Å². The van der Waals surface area contributed by atoms with Gasteiger partial charge in [0, 0.05) is 0 Å². The van der Waals surface area contributed by atoms with Crippen LogP contribution in [0.25, 0.3) is 0 Å². The van der Waals surface area contributed by atoms with E-state index in [0.29, 0.717) is 0 Å². The molecule has 0 fully saturated rings. The Balaban J connectivity index is 3.04. The van der Waals surface area contributed by atoms with Crippen molar-refractivity contribution in [3.05, 3.63) is 0 Å².